The number of rotatable bonds is 8. The molecule has 0 spiro atoms. The molecule has 1 aliphatic rings. The van der Waals surface area contributed by atoms with Crippen molar-refractivity contribution in [2.75, 3.05) is 13.7 Å². The number of hydrogen-bond acceptors (Lipinski definition) is 6. The molecule has 1 atom stereocenters. The number of esters is 1. The Morgan fingerprint density at radius 2 is 1.75 bits per heavy atom. The van der Waals surface area contributed by atoms with E-state index in [0.29, 0.717) is 19.0 Å². The zero-order valence-electron chi connectivity index (χ0n) is 20.6. The van der Waals surface area contributed by atoms with Gasteiger partial charge in [-0.15, -0.1) is 0 Å². The summed E-state index contributed by atoms with van der Waals surface area (Å²) in [6.45, 7) is 3.79. The highest BCUT2D eigenvalue weighted by Crippen LogP contribution is 2.27. The molecule has 0 radical (unpaired) electrons. The summed E-state index contributed by atoms with van der Waals surface area (Å²) < 4.78 is 17.0. The van der Waals surface area contributed by atoms with E-state index in [0.717, 1.165) is 53.3 Å². The molecule has 0 saturated carbocycles. The molecule has 6 nitrogen and oxygen atoms in total. The van der Waals surface area contributed by atoms with Crippen LogP contribution in [0.2, 0.25) is 0 Å². The molecule has 1 fully saturated rings. The standard InChI is InChI=1S/C30H30N2O4/c1-21-27(31-29(36-21)25-15-13-24(14-16-25)23-9-4-3-5-10-23)20-35-26-11-6-8-22(18-26)19-32-17-7-12-28(32)30(33)34-2/h3-6,8-11,13-16,18,28H,7,12,17,19-20H2,1-2H3/t28-/m0/s1. The van der Waals surface area contributed by atoms with Crippen molar-refractivity contribution in [1.29, 1.82) is 0 Å². The van der Waals surface area contributed by atoms with Crippen LogP contribution < -0.4 is 4.74 Å². The maximum absolute atomic E-state index is 12.1. The molecule has 6 heteroatoms. The van der Waals surface area contributed by atoms with Crippen LogP contribution in [-0.4, -0.2) is 35.5 Å². The second kappa shape index (κ2) is 10.8. The van der Waals surface area contributed by atoms with Gasteiger partial charge in [0.1, 0.15) is 29.9 Å². The van der Waals surface area contributed by atoms with Gasteiger partial charge >= 0.3 is 5.97 Å². The number of likely N-dealkylation sites (tertiary alicyclic amines) is 1. The van der Waals surface area contributed by atoms with Crippen molar-refractivity contribution in [3.05, 3.63) is 95.9 Å². The summed E-state index contributed by atoms with van der Waals surface area (Å²) in [5.41, 5.74) is 5.12. The van der Waals surface area contributed by atoms with Gasteiger partial charge in [0.25, 0.3) is 0 Å². The van der Waals surface area contributed by atoms with E-state index >= 15 is 0 Å². The van der Waals surface area contributed by atoms with Gasteiger partial charge in [0, 0.05) is 12.1 Å². The zero-order chi connectivity index (χ0) is 24.9. The van der Waals surface area contributed by atoms with Gasteiger partial charge in [-0.05, 0) is 67.3 Å². The molecule has 3 aromatic carbocycles. The Morgan fingerprint density at radius 1 is 1.00 bits per heavy atom. The van der Waals surface area contributed by atoms with Crippen LogP contribution >= 0.6 is 0 Å². The Hall–Kier alpha value is -3.90. The zero-order valence-corrected chi connectivity index (χ0v) is 20.6. The first kappa shape index (κ1) is 23.8. The predicted molar refractivity (Wildman–Crippen MR) is 138 cm³/mol. The minimum absolute atomic E-state index is 0.160. The summed E-state index contributed by atoms with van der Waals surface area (Å²) in [5, 5.41) is 0. The highest BCUT2D eigenvalue weighted by Gasteiger charge is 2.31. The number of aryl methyl sites for hydroxylation is 1. The van der Waals surface area contributed by atoms with Crippen LogP contribution in [0.15, 0.2) is 83.3 Å². The molecule has 0 unspecified atom stereocenters. The van der Waals surface area contributed by atoms with E-state index in [1.807, 2.05) is 55.5 Å². The fourth-order valence-electron chi connectivity index (χ4n) is 4.66. The number of oxazole rings is 1. The molecule has 1 aromatic heterocycles. The average molecular weight is 483 g/mol. The first-order valence-electron chi connectivity index (χ1n) is 12.3. The minimum Gasteiger partial charge on any atom is -0.487 e. The lowest BCUT2D eigenvalue weighted by Crippen LogP contribution is -2.36. The molecular weight excluding hydrogens is 452 g/mol. The lowest BCUT2D eigenvalue weighted by molar-refractivity contribution is -0.146. The molecule has 2 heterocycles. The van der Waals surface area contributed by atoms with Crippen molar-refractivity contribution in [3.63, 3.8) is 0 Å². The maximum Gasteiger partial charge on any atom is 0.323 e. The minimum atomic E-state index is -0.169. The van der Waals surface area contributed by atoms with Gasteiger partial charge in [-0.2, -0.15) is 0 Å². The van der Waals surface area contributed by atoms with Crippen molar-refractivity contribution < 1.29 is 18.7 Å². The number of ether oxygens (including phenoxy) is 2. The number of carbonyl (C=O) groups excluding carboxylic acids is 1. The summed E-state index contributed by atoms with van der Waals surface area (Å²) in [6, 6.07) is 26.3. The highest BCUT2D eigenvalue weighted by molar-refractivity contribution is 5.76. The number of methoxy groups -OCH3 is 1. The number of carbonyl (C=O) groups is 1. The molecule has 5 rings (SSSR count). The van der Waals surface area contributed by atoms with Crippen molar-refractivity contribution in [1.82, 2.24) is 9.88 Å². The van der Waals surface area contributed by atoms with Gasteiger partial charge in [-0.25, -0.2) is 4.98 Å². The van der Waals surface area contributed by atoms with E-state index in [9.17, 15) is 4.79 Å². The molecule has 1 saturated heterocycles. The summed E-state index contributed by atoms with van der Waals surface area (Å²) in [5.74, 6) is 1.93. The molecule has 36 heavy (non-hydrogen) atoms. The quantitative estimate of drug-likeness (QED) is 0.286. The van der Waals surface area contributed by atoms with Gasteiger partial charge in [0.2, 0.25) is 5.89 Å². The lowest BCUT2D eigenvalue weighted by Gasteiger charge is -2.22. The van der Waals surface area contributed by atoms with E-state index in [1.54, 1.807) is 0 Å². The van der Waals surface area contributed by atoms with E-state index in [4.69, 9.17) is 18.9 Å². The topological polar surface area (TPSA) is 64.8 Å². The summed E-state index contributed by atoms with van der Waals surface area (Å²) in [7, 11) is 1.45. The van der Waals surface area contributed by atoms with Gasteiger partial charge in [0.05, 0.1) is 7.11 Å². The van der Waals surface area contributed by atoms with Gasteiger partial charge < -0.3 is 13.9 Å². The molecule has 184 valence electrons. The van der Waals surface area contributed by atoms with Crippen LogP contribution in [-0.2, 0) is 22.7 Å². The number of aromatic nitrogens is 1. The Labute approximate surface area is 211 Å². The second-order valence-corrected chi connectivity index (χ2v) is 9.05. The smallest absolute Gasteiger partial charge is 0.323 e. The predicted octanol–water partition coefficient (Wildman–Crippen LogP) is 6.03. The van der Waals surface area contributed by atoms with Crippen LogP contribution in [0.4, 0.5) is 0 Å². The van der Waals surface area contributed by atoms with E-state index < -0.39 is 0 Å². The molecule has 0 amide bonds. The van der Waals surface area contributed by atoms with E-state index in [2.05, 4.69) is 35.2 Å². The van der Waals surface area contributed by atoms with Crippen LogP contribution in [0, 0.1) is 6.92 Å². The molecule has 4 aromatic rings. The van der Waals surface area contributed by atoms with Crippen molar-refractivity contribution in [3.8, 4) is 28.3 Å². The van der Waals surface area contributed by atoms with Crippen LogP contribution in [0.3, 0.4) is 0 Å². The van der Waals surface area contributed by atoms with Crippen molar-refractivity contribution in [2.24, 2.45) is 0 Å². The molecule has 1 aliphatic heterocycles. The van der Waals surface area contributed by atoms with Crippen LogP contribution in [0.25, 0.3) is 22.6 Å². The molecule has 0 aliphatic carbocycles. The third kappa shape index (κ3) is 5.34. The van der Waals surface area contributed by atoms with Gasteiger partial charge in [0.15, 0.2) is 0 Å². The number of nitrogens with zero attached hydrogens (tertiary/aromatic N) is 2. The molecular formula is C30H30N2O4. The number of benzene rings is 3. The van der Waals surface area contributed by atoms with Crippen LogP contribution in [0.1, 0.15) is 29.9 Å². The highest BCUT2D eigenvalue weighted by atomic mass is 16.5. The Bertz CT molecular complexity index is 1310. The first-order valence-corrected chi connectivity index (χ1v) is 12.3. The SMILES string of the molecule is COC(=O)[C@@H]1CCCN1Cc1cccc(OCc2nc(-c3ccc(-c4ccccc4)cc3)oc2C)c1. The van der Waals surface area contributed by atoms with Crippen LogP contribution in [0.5, 0.6) is 5.75 Å². The van der Waals surface area contributed by atoms with Crippen molar-refractivity contribution >= 4 is 5.97 Å². The Morgan fingerprint density at radius 3 is 2.53 bits per heavy atom. The average Bonchev–Trinajstić information content (AvgIpc) is 3.54. The van der Waals surface area contributed by atoms with Crippen molar-refractivity contribution in [2.45, 2.75) is 39.0 Å². The largest absolute Gasteiger partial charge is 0.487 e. The third-order valence-electron chi connectivity index (χ3n) is 6.63. The lowest BCUT2D eigenvalue weighted by atomic mass is 10.0. The third-order valence-corrected chi connectivity index (χ3v) is 6.63. The Kier molecular flexibility index (Phi) is 7.14. The van der Waals surface area contributed by atoms with Gasteiger partial charge in [-0.1, -0.05) is 54.6 Å². The Balaban J connectivity index is 1.23. The molecule has 0 N–H and O–H groups in total. The summed E-state index contributed by atoms with van der Waals surface area (Å²) in [4.78, 5) is 18.9. The first-order chi connectivity index (χ1) is 17.6. The fraction of sp³-hybridized carbons (Fsp3) is 0.267. The number of hydrogen-bond donors (Lipinski definition) is 0. The molecule has 0 bridgehead atoms. The van der Waals surface area contributed by atoms with E-state index in [1.165, 1.54) is 12.7 Å². The summed E-state index contributed by atoms with van der Waals surface area (Å²) >= 11 is 0. The fourth-order valence-corrected chi connectivity index (χ4v) is 4.66. The normalized spacial score (nSPS) is 15.7. The summed E-state index contributed by atoms with van der Waals surface area (Å²) in [6.07, 6.45) is 1.84. The monoisotopic (exact) mass is 482 g/mol. The maximum atomic E-state index is 12.1. The van der Waals surface area contributed by atoms with E-state index in [-0.39, 0.29) is 12.0 Å². The van der Waals surface area contributed by atoms with Gasteiger partial charge in [-0.3, -0.25) is 9.69 Å². The second-order valence-electron chi connectivity index (χ2n) is 9.05.